The Kier molecular flexibility index (Phi) is 16.4. The second-order valence-corrected chi connectivity index (χ2v) is 12.2. The molecule has 0 aliphatic carbocycles. The van der Waals surface area contributed by atoms with Crippen LogP contribution in [0.1, 0.15) is 131 Å². The number of hydrogen-bond donors (Lipinski definition) is 1. The van der Waals surface area contributed by atoms with Crippen LogP contribution in [0.4, 0.5) is 13.2 Å². The number of aromatic nitrogens is 2. The summed E-state index contributed by atoms with van der Waals surface area (Å²) in [6, 6.07) is 10.3. The molecule has 0 radical (unpaired) electrons. The molecule has 0 aliphatic rings. The van der Waals surface area contributed by atoms with Crippen LogP contribution in [0.2, 0.25) is 0 Å². The molecule has 0 aliphatic heterocycles. The minimum atomic E-state index is -4.67. The predicted molar refractivity (Wildman–Crippen MR) is 181 cm³/mol. The minimum Gasteiger partial charge on any atom is -0.490 e. The number of carbonyl (C=O) groups excluding carboxylic acids is 1. The third-order valence-electron chi connectivity index (χ3n) is 8.27. The molecule has 0 spiro atoms. The number of carbonyl (C=O) groups is 2. The highest BCUT2D eigenvalue weighted by Gasteiger charge is 2.42. The van der Waals surface area contributed by atoms with Gasteiger partial charge < -0.3 is 14.6 Å². The lowest BCUT2D eigenvalue weighted by Gasteiger charge is -2.20. The first kappa shape index (κ1) is 38.5. The van der Waals surface area contributed by atoms with Gasteiger partial charge in [-0.25, -0.2) is 19.6 Å². The molecule has 0 bridgehead atoms. The van der Waals surface area contributed by atoms with Gasteiger partial charge >= 0.3 is 18.1 Å². The lowest BCUT2D eigenvalue weighted by Crippen LogP contribution is -2.33. The van der Waals surface area contributed by atoms with Crippen molar-refractivity contribution >= 4 is 11.9 Å². The molecular formula is C38H49F3N2O5. The average Bonchev–Trinajstić information content (AvgIpc) is 3.08. The van der Waals surface area contributed by atoms with E-state index < -0.39 is 24.2 Å². The number of carboxylic acid groups (broad SMARTS) is 1. The monoisotopic (exact) mass is 670 g/mol. The van der Waals surface area contributed by atoms with Gasteiger partial charge in [-0.05, 0) is 54.7 Å². The van der Waals surface area contributed by atoms with Gasteiger partial charge in [0.25, 0.3) is 0 Å². The highest BCUT2D eigenvalue weighted by Crippen LogP contribution is 2.31. The summed E-state index contributed by atoms with van der Waals surface area (Å²) in [4.78, 5) is 33.4. The Bertz CT molecular complexity index is 1390. The molecule has 48 heavy (non-hydrogen) atoms. The fourth-order valence-corrected chi connectivity index (χ4v) is 5.46. The number of halogens is 3. The zero-order valence-electron chi connectivity index (χ0n) is 28.2. The average molecular weight is 671 g/mol. The van der Waals surface area contributed by atoms with Crippen molar-refractivity contribution in [2.75, 3.05) is 6.61 Å². The van der Waals surface area contributed by atoms with Crippen molar-refractivity contribution in [2.45, 2.75) is 122 Å². The van der Waals surface area contributed by atoms with Gasteiger partial charge in [0.2, 0.25) is 0 Å². The van der Waals surface area contributed by atoms with Gasteiger partial charge in [-0.3, -0.25) is 0 Å². The Labute approximate surface area is 282 Å². The van der Waals surface area contributed by atoms with Gasteiger partial charge in [0.1, 0.15) is 0 Å². The number of benzene rings is 2. The molecule has 1 N–H and O–H groups in total. The van der Waals surface area contributed by atoms with Crippen LogP contribution in [0.25, 0.3) is 22.5 Å². The molecule has 2 aromatic carbocycles. The Balaban J connectivity index is 1.59. The van der Waals surface area contributed by atoms with E-state index in [0.717, 1.165) is 25.7 Å². The number of rotatable bonds is 22. The topological polar surface area (TPSA) is 98.6 Å². The largest absolute Gasteiger partial charge is 0.490 e. The van der Waals surface area contributed by atoms with Crippen molar-refractivity contribution in [3.05, 3.63) is 66.0 Å². The first-order valence-electron chi connectivity index (χ1n) is 17.3. The van der Waals surface area contributed by atoms with Crippen LogP contribution < -0.4 is 4.74 Å². The molecular weight excluding hydrogens is 621 g/mol. The van der Waals surface area contributed by atoms with E-state index in [1.807, 2.05) is 6.92 Å². The second-order valence-electron chi connectivity index (χ2n) is 12.2. The number of unbranched alkanes of at least 4 members (excludes halogenated alkanes) is 12. The summed E-state index contributed by atoms with van der Waals surface area (Å²) < 4.78 is 51.2. The summed E-state index contributed by atoms with van der Waals surface area (Å²) in [5.41, 5.74) is 1.31. The van der Waals surface area contributed by atoms with E-state index in [0.29, 0.717) is 47.7 Å². The number of esters is 1. The summed E-state index contributed by atoms with van der Waals surface area (Å²) in [5, 5.41) is 9.82. The molecule has 0 unspecified atom stereocenters. The summed E-state index contributed by atoms with van der Waals surface area (Å²) in [6.45, 7) is 4.77. The van der Waals surface area contributed by atoms with Crippen LogP contribution in [0.3, 0.4) is 0 Å². The van der Waals surface area contributed by atoms with Crippen LogP contribution in [-0.2, 0) is 4.74 Å². The van der Waals surface area contributed by atoms with Gasteiger partial charge in [-0.1, -0.05) is 109 Å². The smallest absolute Gasteiger partial charge is 0.425 e. The number of hydrogen-bond acceptors (Lipinski definition) is 6. The molecule has 0 saturated carbocycles. The van der Waals surface area contributed by atoms with Gasteiger partial charge in [-0.2, -0.15) is 13.2 Å². The predicted octanol–water partition coefficient (Wildman–Crippen LogP) is 10.9. The lowest BCUT2D eigenvalue weighted by molar-refractivity contribution is -0.206. The molecule has 0 saturated heterocycles. The quantitative estimate of drug-likeness (QED) is 0.0839. The normalized spacial score (nSPS) is 12.1. The molecule has 3 aromatic rings. The lowest BCUT2D eigenvalue weighted by atomic mass is 9.96. The van der Waals surface area contributed by atoms with Crippen molar-refractivity contribution < 1.29 is 37.3 Å². The molecule has 1 aromatic heterocycles. The number of ether oxygens (including phenoxy) is 2. The molecule has 0 amide bonds. The van der Waals surface area contributed by atoms with Crippen LogP contribution in [0, 0.1) is 0 Å². The van der Waals surface area contributed by atoms with E-state index >= 15 is 0 Å². The fraction of sp³-hybridized carbons (Fsp3) is 0.526. The van der Waals surface area contributed by atoms with Crippen LogP contribution in [0.5, 0.6) is 5.75 Å². The van der Waals surface area contributed by atoms with E-state index in [1.165, 1.54) is 81.7 Å². The van der Waals surface area contributed by atoms with E-state index in [-0.39, 0.29) is 17.5 Å². The minimum absolute atomic E-state index is 0.00902. The highest BCUT2D eigenvalue weighted by molar-refractivity contribution is 5.97. The third kappa shape index (κ3) is 12.9. The molecule has 1 atom stereocenters. The van der Waals surface area contributed by atoms with Gasteiger partial charge in [0.15, 0.2) is 17.7 Å². The van der Waals surface area contributed by atoms with Gasteiger partial charge in [0.05, 0.1) is 30.1 Å². The van der Waals surface area contributed by atoms with Crippen LogP contribution >= 0.6 is 0 Å². The third-order valence-corrected chi connectivity index (χ3v) is 8.27. The summed E-state index contributed by atoms with van der Waals surface area (Å²) in [6.07, 6.45) is 11.0. The maximum absolute atomic E-state index is 13.5. The van der Waals surface area contributed by atoms with Crippen molar-refractivity contribution in [1.29, 1.82) is 0 Å². The Morgan fingerprint density at radius 2 is 1.29 bits per heavy atom. The molecule has 0 fully saturated rings. The van der Waals surface area contributed by atoms with Crippen molar-refractivity contribution in [3.8, 4) is 28.3 Å². The molecule has 10 heteroatoms. The fourth-order valence-electron chi connectivity index (χ4n) is 5.46. The first-order chi connectivity index (χ1) is 23.1. The molecule has 1 heterocycles. The molecule has 3 rings (SSSR count). The van der Waals surface area contributed by atoms with Crippen molar-refractivity contribution in [1.82, 2.24) is 9.97 Å². The Morgan fingerprint density at radius 1 is 0.750 bits per heavy atom. The zero-order valence-corrected chi connectivity index (χ0v) is 28.2. The number of carboxylic acids is 1. The first-order valence-corrected chi connectivity index (χ1v) is 17.3. The number of aromatic carboxylic acids is 1. The van der Waals surface area contributed by atoms with E-state index in [4.69, 9.17) is 9.47 Å². The van der Waals surface area contributed by atoms with Crippen molar-refractivity contribution in [2.24, 2.45) is 0 Å². The van der Waals surface area contributed by atoms with Crippen LogP contribution in [-0.4, -0.2) is 45.9 Å². The molecule has 7 nitrogen and oxygen atoms in total. The highest BCUT2D eigenvalue weighted by atomic mass is 19.4. The van der Waals surface area contributed by atoms with Gasteiger partial charge in [-0.15, -0.1) is 0 Å². The van der Waals surface area contributed by atoms with Gasteiger partial charge in [0, 0.05) is 5.56 Å². The van der Waals surface area contributed by atoms with E-state index in [9.17, 15) is 27.9 Å². The van der Waals surface area contributed by atoms with E-state index in [1.54, 1.807) is 24.5 Å². The Morgan fingerprint density at radius 3 is 1.85 bits per heavy atom. The summed E-state index contributed by atoms with van der Waals surface area (Å²) in [7, 11) is 0. The van der Waals surface area contributed by atoms with E-state index in [2.05, 4.69) is 16.9 Å². The zero-order chi connectivity index (χ0) is 34.8. The standard InChI is InChI=1S/C38H49F3N2O5/c1-3-5-7-9-10-11-12-13-14-16-24-47-31-26-42-35(43-27-31)30-22-23-32(36(44)45)33(25-30)28-18-20-29(21-19-28)37(46)48-34(38(39,40)41)17-15-8-6-4-2/h18-23,25-27,34H,3-17,24H2,1-2H3,(H,44,45)/t34-/m0/s1. The summed E-state index contributed by atoms with van der Waals surface area (Å²) >= 11 is 0. The van der Waals surface area contributed by atoms with Crippen LogP contribution in [0.15, 0.2) is 54.9 Å². The summed E-state index contributed by atoms with van der Waals surface area (Å²) in [5.74, 6) is -1.33. The SMILES string of the molecule is CCCCCCCCCCCCOc1cnc(-c2ccc(C(=O)O)c(-c3ccc(C(=O)O[C@@H](CCCCCC)C(F)(F)F)cc3)c2)nc1. The second kappa shape index (κ2) is 20.4. The number of nitrogens with zero attached hydrogens (tertiary/aromatic N) is 2. The van der Waals surface area contributed by atoms with Crippen molar-refractivity contribution in [3.63, 3.8) is 0 Å². The molecule has 262 valence electrons. The number of alkyl halides is 3. The maximum atomic E-state index is 13.5. The maximum Gasteiger partial charge on any atom is 0.425 e. The Hall–Kier alpha value is -3.95.